The number of rotatable bonds is 0. The van der Waals surface area contributed by atoms with Crippen molar-refractivity contribution in [2.24, 2.45) is 11.8 Å². The average molecular weight is 423 g/mol. The normalized spacial score (nSPS) is 31.9. The summed E-state index contributed by atoms with van der Waals surface area (Å²) in [6.45, 7) is 5.68. The lowest BCUT2D eigenvalue weighted by molar-refractivity contribution is -0.0718. The minimum Gasteiger partial charge on any atom is -0.412 e. The van der Waals surface area contributed by atoms with Gasteiger partial charge in [0.2, 0.25) is 0 Å². The molecule has 2 bridgehead atoms. The smallest absolute Gasteiger partial charge is 0.394 e. The van der Waals surface area contributed by atoms with Crippen LogP contribution in [-0.4, -0.2) is 93.0 Å². The molecule has 27 heavy (non-hydrogen) atoms. The molecule has 12 N–H and O–H groups in total. The minimum absolute atomic E-state index is 0. The average Bonchev–Trinajstić information content (AvgIpc) is 2.46. The predicted octanol–water partition coefficient (Wildman–Crippen LogP) is -2.43. The number of fused-ring (bicyclic) bond motifs is 6. The van der Waals surface area contributed by atoms with Crippen molar-refractivity contribution in [3.8, 4) is 0 Å². The molecule has 168 valence electrons. The van der Waals surface area contributed by atoms with Gasteiger partial charge in [0.1, 0.15) is 0 Å². The summed E-state index contributed by atoms with van der Waals surface area (Å²) in [6.07, 6.45) is 10.5. The molecule has 1 unspecified atom stereocenters. The van der Waals surface area contributed by atoms with Crippen LogP contribution < -0.4 is 0 Å². The number of nitrogens with zero attached hydrogens (tertiary/aromatic N) is 2. The standard InChI is InChI=1S/C15H26N2.H2O4S.5H2O/c1-3-7-16-11-13-9-12(14(16)5-1)10-17-8-4-2-6-15(13)17;1-5(2,3)4;;;;;/h12-15H,1-11H2;(H2,1,2,3,4);5*1H2/t12-,13-,14-,15?;;;;;;/m1....../s1. The van der Waals surface area contributed by atoms with Crippen LogP contribution in [0.25, 0.3) is 0 Å². The van der Waals surface area contributed by atoms with Gasteiger partial charge in [-0.1, -0.05) is 12.8 Å². The molecule has 0 aromatic rings. The Bertz CT molecular complexity index is 458. The lowest BCUT2D eigenvalue weighted by atomic mass is 9.71. The van der Waals surface area contributed by atoms with Crippen molar-refractivity contribution in [1.29, 1.82) is 0 Å². The molecular formula is C15H38N2O9S. The number of hydrogen-bond donors (Lipinski definition) is 2. The molecule has 4 atom stereocenters. The summed E-state index contributed by atoms with van der Waals surface area (Å²) >= 11 is 0. The van der Waals surface area contributed by atoms with Gasteiger partial charge in [-0.15, -0.1) is 0 Å². The van der Waals surface area contributed by atoms with Gasteiger partial charge in [0.15, 0.2) is 0 Å². The van der Waals surface area contributed by atoms with Crippen LogP contribution in [0.15, 0.2) is 0 Å². The van der Waals surface area contributed by atoms with E-state index in [0.29, 0.717) is 0 Å². The summed E-state index contributed by atoms with van der Waals surface area (Å²) in [5, 5.41) is 0. The van der Waals surface area contributed by atoms with Crippen LogP contribution in [-0.2, 0) is 10.4 Å². The van der Waals surface area contributed by atoms with E-state index >= 15 is 0 Å². The SMILES string of the molecule is C1CCN2C[C@H]3C[C@H](CN4CCCC[C@H]34)C2C1.O.O.O.O.O.O=S(=O)(O)O. The first kappa shape index (κ1) is 31.3. The molecule has 12 heteroatoms. The molecule has 4 rings (SSSR count). The van der Waals surface area contributed by atoms with Crippen molar-refractivity contribution in [1.82, 2.24) is 9.80 Å². The lowest BCUT2D eigenvalue weighted by Gasteiger charge is -2.57. The van der Waals surface area contributed by atoms with Crippen molar-refractivity contribution in [3.63, 3.8) is 0 Å². The van der Waals surface area contributed by atoms with Gasteiger partial charge in [-0.3, -0.25) is 18.9 Å². The maximum Gasteiger partial charge on any atom is 0.394 e. The molecule has 0 aliphatic carbocycles. The Kier molecular flexibility index (Phi) is 15.0. The molecular weight excluding hydrogens is 384 g/mol. The van der Waals surface area contributed by atoms with Crippen LogP contribution in [0.3, 0.4) is 0 Å². The van der Waals surface area contributed by atoms with Gasteiger partial charge in [-0.2, -0.15) is 8.42 Å². The highest BCUT2D eigenvalue weighted by Crippen LogP contribution is 2.42. The molecule has 4 saturated heterocycles. The van der Waals surface area contributed by atoms with Crippen molar-refractivity contribution < 1.29 is 44.9 Å². The molecule has 0 radical (unpaired) electrons. The second kappa shape index (κ2) is 12.9. The van der Waals surface area contributed by atoms with E-state index in [9.17, 15) is 0 Å². The molecule has 4 aliphatic rings. The van der Waals surface area contributed by atoms with E-state index in [1.54, 1.807) is 6.42 Å². The fourth-order valence-electron chi connectivity index (χ4n) is 5.25. The lowest BCUT2D eigenvalue weighted by Crippen LogP contribution is -2.63. The molecule has 0 saturated carbocycles. The zero-order valence-electron chi connectivity index (χ0n) is 15.6. The van der Waals surface area contributed by atoms with Gasteiger partial charge < -0.3 is 27.4 Å². The van der Waals surface area contributed by atoms with Crippen molar-refractivity contribution in [2.75, 3.05) is 26.2 Å². The summed E-state index contributed by atoms with van der Waals surface area (Å²) in [4.78, 5) is 5.74. The Morgan fingerprint density at radius 3 is 1.33 bits per heavy atom. The summed E-state index contributed by atoms with van der Waals surface area (Å²) < 4.78 is 31.6. The van der Waals surface area contributed by atoms with Gasteiger partial charge in [-0.05, 0) is 57.0 Å². The first-order valence-electron chi connectivity index (χ1n) is 8.60. The first-order valence-corrected chi connectivity index (χ1v) is 9.99. The molecule has 0 amide bonds. The van der Waals surface area contributed by atoms with E-state index in [-0.39, 0.29) is 27.4 Å². The second-order valence-corrected chi connectivity index (χ2v) is 8.22. The third-order valence-corrected chi connectivity index (χ3v) is 5.96. The Balaban J connectivity index is -0.000000524. The Labute approximate surface area is 160 Å². The van der Waals surface area contributed by atoms with Crippen molar-refractivity contribution >= 4 is 10.4 Å². The monoisotopic (exact) mass is 422 g/mol. The molecule has 0 aromatic heterocycles. The Hall–Kier alpha value is -0.410. The number of piperidine rings is 4. The van der Waals surface area contributed by atoms with Crippen LogP contribution in [0.4, 0.5) is 0 Å². The molecule has 11 nitrogen and oxygen atoms in total. The first-order chi connectivity index (χ1) is 10.4. The summed E-state index contributed by atoms with van der Waals surface area (Å²) in [5.74, 6) is 2.03. The largest absolute Gasteiger partial charge is 0.412 e. The molecule has 4 aliphatic heterocycles. The Morgan fingerprint density at radius 1 is 0.667 bits per heavy atom. The second-order valence-electron chi connectivity index (χ2n) is 7.32. The van der Waals surface area contributed by atoms with E-state index < -0.39 is 10.4 Å². The molecule has 4 fully saturated rings. The van der Waals surface area contributed by atoms with E-state index in [1.807, 2.05) is 0 Å². The summed E-state index contributed by atoms with van der Waals surface area (Å²) in [7, 11) is -4.67. The van der Waals surface area contributed by atoms with E-state index in [0.717, 1.165) is 23.9 Å². The highest BCUT2D eigenvalue weighted by atomic mass is 32.3. The highest BCUT2D eigenvalue weighted by molar-refractivity contribution is 7.79. The van der Waals surface area contributed by atoms with Crippen molar-refractivity contribution in [3.05, 3.63) is 0 Å². The fraction of sp³-hybridized carbons (Fsp3) is 1.00. The van der Waals surface area contributed by atoms with Gasteiger partial charge >= 0.3 is 10.4 Å². The quantitative estimate of drug-likeness (QED) is 0.402. The van der Waals surface area contributed by atoms with E-state index in [1.165, 1.54) is 64.7 Å². The maximum atomic E-state index is 8.74. The van der Waals surface area contributed by atoms with Crippen LogP contribution >= 0.6 is 0 Å². The van der Waals surface area contributed by atoms with Crippen molar-refractivity contribution in [2.45, 2.75) is 57.0 Å². The highest BCUT2D eigenvalue weighted by Gasteiger charge is 2.46. The third-order valence-electron chi connectivity index (χ3n) is 5.96. The van der Waals surface area contributed by atoms with E-state index in [4.69, 9.17) is 17.5 Å². The summed E-state index contributed by atoms with van der Waals surface area (Å²) in [6, 6.07) is 1.92. The van der Waals surface area contributed by atoms with Gasteiger partial charge in [0.25, 0.3) is 0 Å². The number of hydrogen-bond acceptors (Lipinski definition) is 4. The zero-order valence-corrected chi connectivity index (χ0v) is 16.4. The van der Waals surface area contributed by atoms with Gasteiger partial charge in [0.05, 0.1) is 0 Å². The Morgan fingerprint density at radius 2 is 1.00 bits per heavy atom. The van der Waals surface area contributed by atoms with Crippen LogP contribution in [0.5, 0.6) is 0 Å². The minimum atomic E-state index is -4.67. The van der Waals surface area contributed by atoms with Crippen LogP contribution in [0.1, 0.15) is 44.9 Å². The molecule has 0 aromatic carbocycles. The fourth-order valence-corrected chi connectivity index (χ4v) is 5.25. The van der Waals surface area contributed by atoms with Crippen LogP contribution in [0.2, 0.25) is 0 Å². The van der Waals surface area contributed by atoms with Crippen LogP contribution in [0, 0.1) is 11.8 Å². The van der Waals surface area contributed by atoms with E-state index in [2.05, 4.69) is 9.80 Å². The van der Waals surface area contributed by atoms with Gasteiger partial charge in [-0.25, -0.2) is 0 Å². The topological polar surface area (TPSA) is 239 Å². The third kappa shape index (κ3) is 8.23. The summed E-state index contributed by atoms with van der Waals surface area (Å²) in [5.41, 5.74) is 0. The molecule has 0 spiro atoms. The predicted molar refractivity (Wildman–Crippen MR) is 102 cm³/mol. The zero-order chi connectivity index (χ0) is 15.7. The molecule has 4 heterocycles. The maximum absolute atomic E-state index is 8.74. The van der Waals surface area contributed by atoms with Gasteiger partial charge in [0, 0.05) is 25.2 Å².